The average Bonchev–Trinajstić information content (AvgIpc) is 3.26. The summed E-state index contributed by atoms with van der Waals surface area (Å²) in [5.74, 6) is 0.409. The van der Waals surface area contributed by atoms with E-state index in [4.69, 9.17) is 5.26 Å². The number of hydrogen-bond acceptors (Lipinski definition) is 7. The highest BCUT2D eigenvalue weighted by Crippen LogP contribution is 2.26. The average molecular weight is 421 g/mol. The topological polar surface area (TPSA) is 92.8 Å². The Labute approximate surface area is 167 Å². The second-order valence-corrected chi connectivity index (χ2v) is 7.24. The Bertz CT molecular complexity index is 1010. The number of benzene rings is 1. The number of carbonyl (C=O) groups excluding carboxylic acids is 1. The fourth-order valence-corrected chi connectivity index (χ4v) is 3.73. The van der Waals surface area contributed by atoms with E-state index in [1.165, 1.54) is 35.2 Å². The summed E-state index contributed by atoms with van der Waals surface area (Å²) in [6.45, 7) is -2.88. The number of amides is 1. The third kappa shape index (κ3) is 4.65. The number of hydrogen-bond donors (Lipinski definition) is 1. The molecule has 0 spiro atoms. The highest BCUT2D eigenvalue weighted by molar-refractivity contribution is 7.99. The zero-order chi connectivity index (χ0) is 20.1. The van der Waals surface area contributed by atoms with Gasteiger partial charge in [-0.1, -0.05) is 11.8 Å². The van der Waals surface area contributed by atoms with Gasteiger partial charge in [-0.15, -0.1) is 21.5 Å². The summed E-state index contributed by atoms with van der Waals surface area (Å²) >= 11 is 2.47. The first-order valence-corrected chi connectivity index (χ1v) is 9.69. The van der Waals surface area contributed by atoms with Crippen LogP contribution in [0.3, 0.4) is 0 Å². The highest BCUT2D eigenvalue weighted by Gasteiger charge is 2.14. The van der Waals surface area contributed by atoms with Gasteiger partial charge >= 0.3 is 6.61 Å². The molecule has 0 unspecified atom stereocenters. The second-order valence-electron chi connectivity index (χ2n) is 5.38. The first kappa shape index (κ1) is 19.8. The van der Waals surface area contributed by atoms with Gasteiger partial charge in [-0.05, 0) is 35.7 Å². The number of carbonyl (C=O) groups is 1. The van der Waals surface area contributed by atoms with E-state index in [2.05, 4.69) is 20.3 Å². The SMILES string of the molecule is Cn1c(SCC(=O)Nc2sccc2C#N)nnc1-c1ccc(OC(F)F)cc1. The van der Waals surface area contributed by atoms with Crippen LogP contribution in [0.15, 0.2) is 40.9 Å². The maximum Gasteiger partial charge on any atom is 0.387 e. The molecule has 0 aliphatic heterocycles. The molecule has 3 aromatic rings. The molecule has 1 aromatic carbocycles. The van der Waals surface area contributed by atoms with E-state index in [-0.39, 0.29) is 17.4 Å². The number of nitrogens with one attached hydrogen (secondary N) is 1. The Morgan fingerprint density at radius 3 is 2.79 bits per heavy atom. The molecule has 0 fully saturated rings. The maximum atomic E-state index is 12.2. The molecule has 2 heterocycles. The lowest BCUT2D eigenvalue weighted by molar-refractivity contribution is -0.113. The van der Waals surface area contributed by atoms with Crippen molar-refractivity contribution in [1.29, 1.82) is 5.26 Å². The Hall–Kier alpha value is -2.97. The van der Waals surface area contributed by atoms with Crippen LogP contribution in [-0.4, -0.2) is 33.0 Å². The zero-order valence-corrected chi connectivity index (χ0v) is 16.1. The fraction of sp³-hybridized carbons (Fsp3) is 0.176. The first-order chi connectivity index (χ1) is 13.5. The Morgan fingerprint density at radius 2 is 2.11 bits per heavy atom. The molecule has 0 bridgehead atoms. The van der Waals surface area contributed by atoms with Crippen LogP contribution < -0.4 is 10.1 Å². The van der Waals surface area contributed by atoms with Crippen LogP contribution in [0.2, 0.25) is 0 Å². The minimum absolute atomic E-state index is 0.0532. The molecular weight excluding hydrogens is 408 g/mol. The van der Waals surface area contributed by atoms with Crippen molar-refractivity contribution in [2.75, 3.05) is 11.1 Å². The van der Waals surface area contributed by atoms with Crippen molar-refractivity contribution < 1.29 is 18.3 Å². The molecule has 11 heteroatoms. The van der Waals surface area contributed by atoms with Crippen LogP contribution in [0.25, 0.3) is 11.4 Å². The minimum atomic E-state index is -2.88. The lowest BCUT2D eigenvalue weighted by Gasteiger charge is -2.06. The lowest BCUT2D eigenvalue weighted by atomic mass is 10.2. The third-order valence-corrected chi connectivity index (χ3v) is 5.39. The Morgan fingerprint density at radius 1 is 1.36 bits per heavy atom. The molecule has 1 amide bonds. The molecule has 144 valence electrons. The standard InChI is InChI=1S/C17H13F2N5O2S2/c1-24-14(10-2-4-12(5-3-10)26-16(18)19)22-23-17(24)28-9-13(25)21-15-11(8-20)6-7-27-15/h2-7,16H,9H2,1H3,(H,21,25). The van der Waals surface area contributed by atoms with E-state index in [0.717, 1.165) is 0 Å². The number of nitriles is 1. The number of alkyl halides is 2. The summed E-state index contributed by atoms with van der Waals surface area (Å²) in [6, 6.07) is 9.69. The van der Waals surface area contributed by atoms with Gasteiger partial charge in [-0.2, -0.15) is 14.0 Å². The van der Waals surface area contributed by atoms with E-state index in [0.29, 0.717) is 27.1 Å². The molecule has 0 aliphatic rings. The highest BCUT2D eigenvalue weighted by atomic mass is 32.2. The van der Waals surface area contributed by atoms with Crippen molar-refractivity contribution in [3.8, 4) is 23.2 Å². The number of thioether (sulfide) groups is 1. The number of halogens is 2. The van der Waals surface area contributed by atoms with E-state index >= 15 is 0 Å². The molecule has 2 aromatic heterocycles. The van der Waals surface area contributed by atoms with E-state index in [1.807, 2.05) is 6.07 Å². The third-order valence-electron chi connectivity index (χ3n) is 3.54. The van der Waals surface area contributed by atoms with Crippen molar-refractivity contribution >= 4 is 34.0 Å². The summed E-state index contributed by atoms with van der Waals surface area (Å²) in [4.78, 5) is 12.1. The van der Waals surface area contributed by atoms with Crippen LogP contribution in [0.1, 0.15) is 5.56 Å². The Kier molecular flexibility index (Phi) is 6.23. The van der Waals surface area contributed by atoms with Crippen molar-refractivity contribution in [3.05, 3.63) is 41.3 Å². The van der Waals surface area contributed by atoms with Gasteiger partial charge in [0.1, 0.15) is 16.8 Å². The fourth-order valence-electron chi connectivity index (χ4n) is 2.26. The van der Waals surface area contributed by atoms with Crippen molar-refractivity contribution in [3.63, 3.8) is 0 Å². The molecule has 0 saturated carbocycles. The molecule has 0 atom stereocenters. The summed E-state index contributed by atoms with van der Waals surface area (Å²) in [5, 5.41) is 22.6. The first-order valence-electron chi connectivity index (χ1n) is 7.83. The molecule has 1 N–H and O–H groups in total. The molecular formula is C17H13F2N5O2S2. The van der Waals surface area contributed by atoms with E-state index in [9.17, 15) is 13.6 Å². The predicted molar refractivity (Wildman–Crippen MR) is 101 cm³/mol. The van der Waals surface area contributed by atoms with Crippen LogP contribution in [0.4, 0.5) is 13.8 Å². The van der Waals surface area contributed by atoms with Crippen LogP contribution in [0, 0.1) is 11.3 Å². The normalized spacial score (nSPS) is 10.7. The van der Waals surface area contributed by atoms with Gasteiger partial charge in [-0.3, -0.25) is 4.79 Å². The van der Waals surface area contributed by atoms with Crippen molar-refractivity contribution in [2.45, 2.75) is 11.8 Å². The van der Waals surface area contributed by atoms with Gasteiger partial charge in [-0.25, -0.2) is 0 Å². The summed E-state index contributed by atoms with van der Waals surface area (Å²) < 4.78 is 30.5. The summed E-state index contributed by atoms with van der Waals surface area (Å²) in [5.41, 5.74) is 1.09. The molecule has 0 aliphatic carbocycles. The molecule has 0 saturated heterocycles. The minimum Gasteiger partial charge on any atom is -0.435 e. The zero-order valence-electron chi connectivity index (χ0n) is 14.4. The van der Waals surface area contributed by atoms with Gasteiger partial charge in [0.05, 0.1) is 11.3 Å². The Balaban J connectivity index is 1.63. The molecule has 3 rings (SSSR count). The lowest BCUT2D eigenvalue weighted by Crippen LogP contribution is -2.14. The maximum absolute atomic E-state index is 12.2. The van der Waals surface area contributed by atoms with Crippen LogP contribution in [0.5, 0.6) is 5.75 Å². The van der Waals surface area contributed by atoms with Crippen molar-refractivity contribution in [1.82, 2.24) is 14.8 Å². The van der Waals surface area contributed by atoms with E-state index in [1.54, 1.807) is 35.2 Å². The van der Waals surface area contributed by atoms with Gasteiger partial charge in [0.15, 0.2) is 11.0 Å². The molecule has 0 radical (unpaired) electrons. The monoisotopic (exact) mass is 421 g/mol. The van der Waals surface area contributed by atoms with E-state index < -0.39 is 6.61 Å². The number of thiophene rings is 1. The van der Waals surface area contributed by atoms with Crippen LogP contribution >= 0.6 is 23.1 Å². The predicted octanol–water partition coefficient (Wildman–Crippen LogP) is 3.75. The quantitative estimate of drug-likeness (QED) is 0.584. The second kappa shape index (κ2) is 8.81. The van der Waals surface area contributed by atoms with Gasteiger partial charge in [0, 0.05) is 12.6 Å². The number of nitrogens with zero attached hydrogens (tertiary/aromatic N) is 4. The number of aromatic nitrogens is 3. The molecule has 28 heavy (non-hydrogen) atoms. The number of ether oxygens (including phenoxy) is 1. The van der Waals surface area contributed by atoms with Crippen molar-refractivity contribution in [2.24, 2.45) is 7.05 Å². The van der Waals surface area contributed by atoms with Gasteiger partial charge < -0.3 is 14.6 Å². The molecule has 7 nitrogen and oxygen atoms in total. The van der Waals surface area contributed by atoms with Crippen LogP contribution in [-0.2, 0) is 11.8 Å². The van der Waals surface area contributed by atoms with Gasteiger partial charge in [0.2, 0.25) is 5.91 Å². The largest absolute Gasteiger partial charge is 0.435 e. The summed E-state index contributed by atoms with van der Waals surface area (Å²) in [6.07, 6.45) is 0. The smallest absolute Gasteiger partial charge is 0.387 e. The number of rotatable bonds is 7. The number of anilines is 1. The van der Waals surface area contributed by atoms with Gasteiger partial charge in [0.25, 0.3) is 0 Å². The summed E-state index contributed by atoms with van der Waals surface area (Å²) in [7, 11) is 1.74.